The minimum absolute atomic E-state index is 0.759. The lowest BCUT2D eigenvalue weighted by Gasteiger charge is -2.59. The Morgan fingerprint density at radius 1 is 1.00 bits per heavy atom. The molecule has 4 fully saturated rings. The van der Waals surface area contributed by atoms with E-state index in [4.69, 9.17) is 0 Å². The van der Waals surface area contributed by atoms with Crippen molar-refractivity contribution in [2.24, 2.45) is 29.1 Å². The summed E-state index contributed by atoms with van der Waals surface area (Å²) in [5, 5.41) is 0. The summed E-state index contributed by atoms with van der Waals surface area (Å²) < 4.78 is 0. The van der Waals surface area contributed by atoms with Gasteiger partial charge in [-0.1, -0.05) is 13.8 Å². The first-order valence-corrected chi connectivity index (χ1v) is 5.67. The fourth-order valence-electron chi connectivity index (χ4n) is 4.70. The first-order valence-electron chi connectivity index (χ1n) is 5.67. The standard InChI is InChI=1S/C12H20/c1-8-11-4-9-3-10(5-11)7-12(8,2)6-9/h8-11H,3-7H2,1-2H3/t8-,9?,10?,11?,12?/m1/s1. The maximum absolute atomic E-state index is 2.56. The van der Waals surface area contributed by atoms with Crippen LogP contribution in [0, 0.1) is 29.1 Å². The van der Waals surface area contributed by atoms with E-state index in [2.05, 4.69) is 13.8 Å². The number of rotatable bonds is 0. The Hall–Kier alpha value is 0. The van der Waals surface area contributed by atoms with Gasteiger partial charge in [-0.3, -0.25) is 0 Å². The smallest absolute Gasteiger partial charge is 0.0292 e. The highest BCUT2D eigenvalue weighted by atomic mass is 14.6. The average molecular weight is 164 g/mol. The van der Waals surface area contributed by atoms with Crippen molar-refractivity contribution in [1.29, 1.82) is 0 Å². The quantitative estimate of drug-likeness (QED) is 0.514. The van der Waals surface area contributed by atoms with Gasteiger partial charge in [0, 0.05) is 0 Å². The molecule has 4 aliphatic carbocycles. The Balaban J connectivity index is 1.97. The minimum Gasteiger partial charge on any atom is -0.0617 e. The van der Waals surface area contributed by atoms with Crippen molar-refractivity contribution < 1.29 is 0 Å². The molecule has 0 aliphatic heterocycles. The SMILES string of the molecule is C[C@@H]1C2CC3CC(C2)CC1(C)C3. The lowest BCUT2D eigenvalue weighted by atomic mass is 9.46. The Morgan fingerprint density at radius 3 is 2.08 bits per heavy atom. The van der Waals surface area contributed by atoms with E-state index >= 15 is 0 Å². The zero-order valence-corrected chi connectivity index (χ0v) is 8.34. The molecule has 3 atom stereocenters. The summed E-state index contributed by atoms with van der Waals surface area (Å²) in [6.45, 7) is 5.07. The Morgan fingerprint density at radius 2 is 1.58 bits per heavy atom. The van der Waals surface area contributed by atoms with Gasteiger partial charge in [-0.2, -0.15) is 0 Å². The van der Waals surface area contributed by atoms with E-state index in [1.54, 1.807) is 32.1 Å². The lowest BCUT2D eigenvalue weighted by molar-refractivity contribution is -0.0906. The van der Waals surface area contributed by atoms with Gasteiger partial charge in [0.1, 0.15) is 0 Å². The van der Waals surface area contributed by atoms with Crippen molar-refractivity contribution in [2.75, 3.05) is 0 Å². The van der Waals surface area contributed by atoms with Gasteiger partial charge in [0.25, 0.3) is 0 Å². The van der Waals surface area contributed by atoms with E-state index < -0.39 is 0 Å². The molecule has 68 valence electrons. The van der Waals surface area contributed by atoms with Gasteiger partial charge in [0.2, 0.25) is 0 Å². The van der Waals surface area contributed by atoms with Crippen LogP contribution in [0.5, 0.6) is 0 Å². The summed E-state index contributed by atoms with van der Waals surface area (Å²) >= 11 is 0. The molecular formula is C12H20. The molecule has 0 heteroatoms. The molecule has 0 heterocycles. The van der Waals surface area contributed by atoms with Crippen molar-refractivity contribution in [3.05, 3.63) is 0 Å². The van der Waals surface area contributed by atoms with Gasteiger partial charge in [-0.15, -0.1) is 0 Å². The summed E-state index contributed by atoms with van der Waals surface area (Å²) in [4.78, 5) is 0. The van der Waals surface area contributed by atoms with Crippen molar-refractivity contribution >= 4 is 0 Å². The molecule has 4 saturated carbocycles. The summed E-state index contributed by atoms with van der Waals surface area (Å²) in [7, 11) is 0. The lowest BCUT2D eigenvalue weighted by Crippen LogP contribution is -2.50. The molecule has 0 aromatic carbocycles. The molecule has 0 radical (unpaired) electrons. The fourth-order valence-corrected chi connectivity index (χ4v) is 4.70. The van der Waals surface area contributed by atoms with E-state index in [1.807, 2.05) is 0 Å². The first-order chi connectivity index (χ1) is 5.67. The van der Waals surface area contributed by atoms with Crippen LogP contribution in [-0.4, -0.2) is 0 Å². The van der Waals surface area contributed by atoms with E-state index in [0.717, 1.165) is 29.1 Å². The van der Waals surface area contributed by atoms with Crippen LogP contribution in [0.3, 0.4) is 0 Å². The summed E-state index contributed by atoms with van der Waals surface area (Å²) in [6.07, 6.45) is 7.85. The van der Waals surface area contributed by atoms with E-state index in [0.29, 0.717) is 0 Å². The molecule has 4 rings (SSSR count). The molecule has 0 saturated heterocycles. The maximum Gasteiger partial charge on any atom is -0.0292 e. The van der Waals surface area contributed by atoms with Gasteiger partial charge in [0.05, 0.1) is 0 Å². The second kappa shape index (κ2) is 2.08. The van der Waals surface area contributed by atoms with Crippen molar-refractivity contribution in [3.63, 3.8) is 0 Å². The topological polar surface area (TPSA) is 0 Å². The van der Waals surface area contributed by atoms with Crippen LogP contribution in [0.2, 0.25) is 0 Å². The van der Waals surface area contributed by atoms with Crippen molar-refractivity contribution in [1.82, 2.24) is 0 Å². The van der Waals surface area contributed by atoms with Gasteiger partial charge in [0.15, 0.2) is 0 Å². The van der Waals surface area contributed by atoms with Crippen LogP contribution >= 0.6 is 0 Å². The second-order valence-corrected chi connectivity index (χ2v) is 6.05. The molecular weight excluding hydrogens is 144 g/mol. The molecule has 0 aromatic heterocycles. The second-order valence-electron chi connectivity index (χ2n) is 6.05. The molecule has 2 unspecified atom stereocenters. The largest absolute Gasteiger partial charge is 0.0617 e. The normalized spacial score (nSPS) is 62.5. The third-order valence-corrected chi connectivity index (χ3v) is 5.26. The molecule has 0 amide bonds. The van der Waals surface area contributed by atoms with Crippen molar-refractivity contribution in [2.45, 2.75) is 46.0 Å². The van der Waals surface area contributed by atoms with Crippen LogP contribution in [0.1, 0.15) is 46.0 Å². The molecule has 0 N–H and O–H groups in total. The molecule has 12 heavy (non-hydrogen) atoms. The van der Waals surface area contributed by atoms with Crippen LogP contribution < -0.4 is 0 Å². The number of hydrogen-bond donors (Lipinski definition) is 0. The van der Waals surface area contributed by atoms with Gasteiger partial charge < -0.3 is 0 Å². The predicted octanol–water partition coefficient (Wildman–Crippen LogP) is 3.47. The predicted molar refractivity (Wildman–Crippen MR) is 50.8 cm³/mol. The van der Waals surface area contributed by atoms with Crippen LogP contribution in [0.4, 0.5) is 0 Å². The summed E-state index contributed by atoms with van der Waals surface area (Å²) in [5.74, 6) is 4.40. The molecule has 0 aromatic rings. The Bertz CT molecular complexity index is 192. The van der Waals surface area contributed by atoms with Crippen LogP contribution in [-0.2, 0) is 0 Å². The Labute approximate surface area is 75.7 Å². The minimum atomic E-state index is 0.759. The maximum atomic E-state index is 2.56. The first kappa shape index (κ1) is 7.41. The van der Waals surface area contributed by atoms with Crippen molar-refractivity contribution in [3.8, 4) is 0 Å². The fraction of sp³-hybridized carbons (Fsp3) is 1.00. The van der Waals surface area contributed by atoms with Gasteiger partial charge in [-0.05, 0) is 61.2 Å². The Kier molecular flexibility index (Phi) is 1.28. The van der Waals surface area contributed by atoms with Gasteiger partial charge >= 0.3 is 0 Å². The third-order valence-electron chi connectivity index (χ3n) is 5.26. The monoisotopic (exact) mass is 164 g/mol. The third kappa shape index (κ3) is 0.791. The zero-order valence-electron chi connectivity index (χ0n) is 8.34. The zero-order chi connectivity index (χ0) is 8.34. The summed E-state index contributed by atoms with van der Waals surface area (Å²) in [6, 6.07) is 0. The summed E-state index contributed by atoms with van der Waals surface area (Å²) in [5.41, 5.74) is 0.759. The van der Waals surface area contributed by atoms with Crippen LogP contribution in [0.15, 0.2) is 0 Å². The number of hydrogen-bond acceptors (Lipinski definition) is 0. The molecule has 0 nitrogen and oxygen atoms in total. The highest BCUT2D eigenvalue weighted by Crippen LogP contribution is 2.62. The molecule has 4 aliphatic rings. The van der Waals surface area contributed by atoms with E-state index in [-0.39, 0.29) is 0 Å². The highest BCUT2D eigenvalue weighted by molar-refractivity contribution is 5.02. The van der Waals surface area contributed by atoms with E-state index in [9.17, 15) is 0 Å². The van der Waals surface area contributed by atoms with Gasteiger partial charge in [-0.25, -0.2) is 0 Å². The highest BCUT2D eigenvalue weighted by Gasteiger charge is 2.52. The molecule has 4 bridgehead atoms. The van der Waals surface area contributed by atoms with E-state index in [1.165, 1.54) is 0 Å². The average Bonchev–Trinajstić information content (AvgIpc) is 1.98. The van der Waals surface area contributed by atoms with Crippen LogP contribution in [0.25, 0.3) is 0 Å². The molecule has 0 spiro atoms.